The highest BCUT2D eigenvalue weighted by atomic mass is 79.9. The molecule has 0 radical (unpaired) electrons. The lowest BCUT2D eigenvalue weighted by Gasteiger charge is -2.35. The van der Waals surface area contributed by atoms with E-state index in [0.717, 1.165) is 19.3 Å². The van der Waals surface area contributed by atoms with E-state index in [4.69, 9.17) is 0 Å². The molecule has 2 heteroatoms. The number of hydrogen-bond acceptors (Lipinski definition) is 0. The highest BCUT2D eigenvalue weighted by Crippen LogP contribution is 2.37. The maximum absolute atomic E-state index is 2.86. The Labute approximate surface area is 202 Å². The van der Waals surface area contributed by atoms with E-state index in [9.17, 15) is 0 Å². The maximum atomic E-state index is 2.86. The third-order valence-corrected chi connectivity index (χ3v) is 6.59. The maximum Gasteiger partial charge on any atom is -0.0176 e. The molecule has 3 aromatic carbocycles. The van der Waals surface area contributed by atoms with Gasteiger partial charge in [0.15, 0.2) is 0 Å². The second-order valence-corrected chi connectivity index (χ2v) is 9.37. The van der Waals surface area contributed by atoms with Crippen LogP contribution in [0.5, 0.6) is 0 Å². The van der Waals surface area contributed by atoms with Gasteiger partial charge in [0, 0.05) is 0 Å². The molecule has 1 unspecified atom stereocenters. The zero-order valence-corrected chi connectivity index (χ0v) is 21.6. The lowest BCUT2D eigenvalue weighted by molar-refractivity contribution is 0.243. The van der Waals surface area contributed by atoms with Crippen LogP contribution in [0.1, 0.15) is 55.2 Å². The highest BCUT2D eigenvalue weighted by molar-refractivity contribution is 8.93. The molecule has 0 amide bonds. The second kappa shape index (κ2) is 14.6. The summed E-state index contributed by atoms with van der Waals surface area (Å²) in [5.74, 6) is 0. The van der Waals surface area contributed by atoms with Crippen LogP contribution in [0.15, 0.2) is 91.0 Å². The van der Waals surface area contributed by atoms with E-state index < -0.39 is 0 Å². The molecule has 166 valence electrons. The van der Waals surface area contributed by atoms with Crippen molar-refractivity contribution in [2.45, 2.75) is 57.8 Å². The van der Waals surface area contributed by atoms with Gasteiger partial charge in [-0.25, -0.2) is 0 Å². The third-order valence-electron chi connectivity index (χ3n) is 6.18. The van der Waals surface area contributed by atoms with Crippen LogP contribution in [-0.4, -0.2) is 6.16 Å². The van der Waals surface area contributed by atoms with Gasteiger partial charge in [-0.3, -0.25) is 0 Å². The Morgan fingerprint density at radius 3 is 1.23 bits per heavy atom. The van der Waals surface area contributed by atoms with Crippen molar-refractivity contribution in [2.75, 3.05) is 6.16 Å². The molecule has 3 aromatic rings. The van der Waals surface area contributed by atoms with E-state index in [1.807, 2.05) is 0 Å². The fourth-order valence-corrected chi connectivity index (χ4v) is 5.00. The standard InChI is InChI=1S/C29H37P.BrH/c30-22-14-3-1-2-13-21-29(23-26-15-7-4-8-16-26,24-27-17-9-5-10-18-27)25-28-19-11-6-12-20-28;/h4-12,15-20H,1-3,13-14,21-25,30H2;1H. The van der Waals surface area contributed by atoms with Gasteiger partial charge in [-0.15, -0.1) is 26.2 Å². The summed E-state index contributed by atoms with van der Waals surface area (Å²) in [5, 5.41) is 0. The summed E-state index contributed by atoms with van der Waals surface area (Å²) in [4.78, 5) is 0. The average molecular weight is 498 g/mol. The van der Waals surface area contributed by atoms with Gasteiger partial charge in [-0.2, -0.15) is 0 Å². The summed E-state index contributed by atoms with van der Waals surface area (Å²) >= 11 is 0. The zero-order chi connectivity index (χ0) is 20.9. The van der Waals surface area contributed by atoms with E-state index in [-0.39, 0.29) is 22.4 Å². The van der Waals surface area contributed by atoms with Crippen LogP contribution in [-0.2, 0) is 19.3 Å². The molecule has 0 heterocycles. The van der Waals surface area contributed by atoms with Crippen molar-refractivity contribution in [3.05, 3.63) is 108 Å². The third kappa shape index (κ3) is 9.30. The van der Waals surface area contributed by atoms with Crippen LogP contribution in [0, 0.1) is 5.41 Å². The summed E-state index contributed by atoms with van der Waals surface area (Å²) in [6, 6.07) is 33.4. The van der Waals surface area contributed by atoms with Crippen LogP contribution in [0.2, 0.25) is 0 Å². The summed E-state index contributed by atoms with van der Waals surface area (Å²) in [5.41, 5.74) is 4.65. The fourth-order valence-electron chi connectivity index (χ4n) is 4.71. The van der Waals surface area contributed by atoms with Crippen LogP contribution < -0.4 is 0 Å². The monoisotopic (exact) mass is 496 g/mol. The molecule has 0 nitrogen and oxygen atoms in total. The summed E-state index contributed by atoms with van der Waals surface area (Å²) in [6.45, 7) is 0. The van der Waals surface area contributed by atoms with Crippen LogP contribution >= 0.6 is 26.2 Å². The minimum absolute atomic E-state index is 0. The first kappa shape index (κ1) is 25.8. The summed E-state index contributed by atoms with van der Waals surface area (Å²) < 4.78 is 0. The van der Waals surface area contributed by atoms with Gasteiger partial charge in [-0.1, -0.05) is 117 Å². The molecule has 1 atom stereocenters. The molecule has 3 rings (SSSR count). The van der Waals surface area contributed by atoms with Crippen molar-refractivity contribution in [2.24, 2.45) is 5.41 Å². The van der Waals surface area contributed by atoms with E-state index in [1.54, 1.807) is 0 Å². The summed E-state index contributed by atoms with van der Waals surface area (Å²) in [7, 11) is 2.86. The highest BCUT2D eigenvalue weighted by Gasteiger charge is 2.30. The largest absolute Gasteiger partial charge is 0.138 e. The molecule has 0 aliphatic rings. The van der Waals surface area contributed by atoms with Gasteiger partial charge >= 0.3 is 0 Å². The Kier molecular flexibility index (Phi) is 12.2. The van der Waals surface area contributed by atoms with Gasteiger partial charge in [0.1, 0.15) is 0 Å². The van der Waals surface area contributed by atoms with Crippen molar-refractivity contribution in [3.63, 3.8) is 0 Å². The quantitative estimate of drug-likeness (QED) is 0.164. The molecule has 0 aliphatic carbocycles. The number of unbranched alkanes of at least 4 members (excludes halogenated alkanes) is 4. The number of benzene rings is 3. The number of hydrogen-bond donors (Lipinski definition) is 0. The van der Waals surface area contributed by atoms with E-state index in [0.29, 0.717) is 0 Å². The van der Waals surface area contributed by atoms with Crippen molar-refractivity contribution in [3.8, 4) is 0 Å². The lowest BCUT2D eigenvalue weighted by atomic mass is 9.69. The van der Waals surface area contributed by atoms with Crippen LogP contribution in [0.4, 0.5) is 0 Å². The Morgan fingerprint density at radius 1 is 0.484 bits per heavy atom. The Balaban J connectivity index is 0.00000341. The predicted molar refractivity (Wildman–Crippen MR) is 145 cm³/mol. The van der Waals surface area contributed by atoms with E-state index >= 15 is 0 Å². The first-order valence-electron chi connectivity index (χ1n) is 11.6. The molecular weight excluding hydrogens is 459 g/mol. The Morgan fingerprint density at radius 2 is 0.839 bits per heavy atom. The SMILES string of the molecule is Br.PCCCCCCCC(Cc1ccccc1)(Cc1ccccc1)Cc1ccccc1. The first-order chi connectivity index (χ1) is 14.8. The smallest absolute Gasteiger partial charge is 0.0176 e. The van der Waals surface area contributed by atoms with Gasteiger partial charge in [0.05, 0.1) is 0 Å². The first-order valence-corrected chi connectivity index (χ1v) is 12.4. The fraction of sp³-hybridized carbons (Fsp3) is 0.379. The number of halogens is 1. The Bertz CT molecular complexity index is 716. The minimum atomic E-state index is 0. The topological polar surface area (TPSA) is 0 Å². The van der Waals surface area contributed by atoms with Crippen molar-refractivity contribution >= 4 is 26.2 Å². The molecule has 0 aliphatic heterocycles. The average Bonchev–Trinajstić information content (AvgIpc) is 2.78. The van der Waals surface area contributed by atoms with Gasteiger partial charge in [0.2, 0.25) is 0 Å². The van der Waals surface area contributed by atoms with E-state index in [1.165, 1.54) is 61.4 Å². The van der Waals surface area contributed by atoms with Crippen molar-refractivity contribution in [1.82, 2.24) is 0 Å². The molecule has 0 spiro atoms. The van der Waals surface area contributed by atoms with Gasteiger partial charge in [0.25, 0.3) is 0 Å². The van der Waals surface area contributed by atoms with Crippen molar-refractivity contribution in [1.29, 1.82) is 0 Å². The molecule has 0 saturated heterocycles. The normalized spacial score (nSPS) is 11.1. The molecule has 0 bridgehead atoms. The lowest BCUT2D eigenvalue weighted by Crippen LogP contribution is -2.30. The van der Waals surface area contributed by atoms with Crippen molar-refractivity contribution < 1.29 is 0 Å². The van der Waals surface area contributed by atoms with E-state index in [2.05, 4.69) is 100 Å². The molecule has 0 N–H and O–H groups in total. The molecular formula is C29H38BrP. The minimum Gasteiger partial charge on any atom is -0.138 e. The second-order valence-electron chi connectivity index (χ2n) is 8.79. The van der Waals surface area contributed by atoms with Crippen LogP contribution in [0.25, 0.3) is 0 Å². The van der Waals surface area contributed by atoms with Crippen LogP contribution in [0.3, 0.4) is 0 Å². The molecule has 0 saturated carbocycles. The molecule has 0 fully saturated rings. The Hall–Kier alpha value is -1.43. The summed E-state index contributed by atoms with van der Waals surface area (Å²) in [6.07, 6.45) is 12.7. The van der Waals surface area contributed by atoms with Gasteiger partial charge in [-0.05, 0) is 60.4 Å². The zero-order valence-electron chi connectivity index (χ0n) is 18.7. The predicted octanol–water partition coefficient (Wildman–Crippen LogP) is 8.49. The number of rotatable bonds is 13. The molecule has 0 aromatic heterocycles. The molecule has 31 heavy (non-hydrogen) atoms. The van der Waals surface area contributed by atoms with Gasteiger partial charge < -0.3 is 0 Å².